The van der Waals surface area contributed by atoms with Gasteiger partial charge < -0.3 is 5.32 Å². The normalized spacial score (nSPS) is 11.3. The van der Waals surface area contributed by atoms with E-state index in [0.717, 1.165) is 28.1 Å². The number of allylic oxidation sites excluding steroid dienone is 1. The lowest BCUT2D eigenvalue weighted by Crippen LogP contribution is -1.92. The molecule has 0 aliphatic rings. The smallest absolute Gasteiger partial charge is 0.136 e. The summed E-state index contributed by atoms with van der Waals surface area (Å²) in [6, 6.07) is 13.6. The van der Waals surface area contributed by atoms with Gasteiger partial charge in [-0.1, -0.05) is 29.3 Å². The number of hydrogen-bond donors (Lipinski definition) is 1. The quantitative estimate of drug-likeness (QED) is 0.495. The summed E-state index contributed by atoms with van der Waals surface area (Å²) in [6.45, 7) is 4.08. The van der Waals surface area contributed by atoms with Crippen LogP contribution < -0.4 is 5.32 Å². The zero-order valence-electron chi connectivity index (χ0n) is 14.2. The van der Waals surface area contributed by atoms with E-state index in [4.69, 9.17) is 23.2 Å². The average Bonchev–Trinajstić information content (AvgIpc) is 3.04. The molecule has 0 saturated heterocycles. The lowest BCUT2D eigenvalue weighted by molar-refractivity contribution is 1.36. The van der Waals surface area contributed by atoms with Crippen molar-refractivity contribution < 1.29 is 0 Å². The van der Waals surface area contributed by atoms with Crippen LogP contribution in [0, 0.1) is 25.2 Å². The number of aromatic nitrogens is 1. The van der Waals surface area contributed by atoms with E-state index in [9.17, 15) is 5.26 Å². The number of benzene rings is 2. The SMILES string of the molecule is Cc1cc(C)cc(NC=C(C#N)c2nc(-c3ccc(Cl)cc3Cl)cs2)c1. The fraction of sp³-hybridized carbons (Fsp3) is 0.100. The topological polar surface area (TPSA) is 48.7 Å². The van der Waals surface area contributed by atoms with Crippen LogP contribution in [0.5, 0.6) is 0 Å². The second-order valence-electron chi connectivity index (χ2n) is 5.85. The Morgan fingerprint density at radius 2 is 1.88 bits per heavy atom. The number of rotatable bonds is 4. The number of thiazole rings is 1. The molecule has 0 spiro atoms. The number of hydrogen-bond acceptors (Lipinski definition) is 4. The lowest BCUT2D eigenvalue weighted by atomic mass is 10.1. The van der Waals surface area contributed by atoms with Gasteiger partial charge in [-0.3, -0.25) is 0 Å². The molecule has 3 nitrogen and oxygen atoms in total. The molecule has 130 valence electrons. The van der Waals surface area contributed by atoms with Gasteiger partial charge in [0, 0.05) is 27.9 Å². The van der Waals surface area contributed by atoms with Gasteiger partial charge in [-0.15, -0.1) is 11.3 Å². The van der Waals surface area contributed by atoms with E-state index in [1.807, 2.05) is 37.4 Å². The monoisotopic (exact) mass is 399 g/mol. The molecule has 3 rings (SSSR count). The maximum Gasteiger partial charge on any atom is 0.136 e. The highest BCUT2D eigenvalue weighted by Gasteiger charge is 2.11. The molecule has 1 aromatic heterocycles. The standard InChI is InChI=1S/C20H15Cl2N3S/c1-12-5-13(2)7-16(6-12)24-10-14(9-23)20-25-19(11-26-20)17-4-3-15(21)8-18(17)22/h3-8,10-11,24H,1-2H3. The summed E-state index contributed by atoms with van der Waals surface area (Å²) in [7, 11) is 0. The average molecular weight is 400 g/mol. The van der Waals surface area contributed by atoms with E-state index in [1.54, 1.807) is 18.3 Å². The van der Waals surface area contributed by atoms with Crippen LogP contribution >= 0.6 is 34.5 Å². The molecule has 0 unspecified atom stereocenters. The van der Waals surface area contributed by atoms with Crippen molar-refractivity contribution >= 4 is 45.8 Å². The first-order chi connectivity index (χ1) is 12.5. The third-order valence-corrected chi connectivity index (χ3v) is 5.09. The number of anilines is 1. The number of nitrogens with one attached hydrogen (secondary N) is 1. The zero-order chi connectivity index (χ0) is 18.7. The molecule has 0 aliphatic heterocycles. The largest absolute Gasteiger partial charge is 0.360 e. The van der Waals surface area contributed by atoms with Crippen molar-refractivity contribution in [1.82, 2.24) is 4.98 Å². The minimum Gasteiger partial charge on any atom is -0.360 e. The summed E-state index contributed by atoms with van der Waals surface area (Å²) < 4.78 is 0. The van der Waals surface area contributed by atoms with Crippen molar-refractivity contribution in [2.45, 2.75) is 13.8 Å². The summed E-state index contributed by atoms with van der Waals surface area (Å²) in [6.07, 6.45) is 1.68. The van der Waals surface area contributed by atoms with E-state index < -0.39 is 0 Å². The Labute approximate surface area is 166 Å². The first-order valence-electron chi connectivity index (χ1n) is 7.82. The summed E-state index contributed by atoms with van der Waals surface area (Å²) in [5.74, 6) is 0. The van der Waals surface area contributed by atoms with Gasteiger partial charge in [0.1, 0.15) is 16.6 Å². The van der Waals surface area contributed by atoms with E-state index in [0.29, 0.717) is 20.6 Å². The molecule has 0 amide bonds. The summed E-state index contributed by atoms with van der Waals surface area (Å²) in [4.78, 5) is 4.55. The van der Waals surface area contributed by atoms with E-state index in [-0.39, 0.29) is 0 Å². The van der Waals surface area contributed by atoms with Gasteiger partial charge in [0.05, 0.1) is 10.7 Å². The van der Waals surface area contributed by atoms with Crippen molar-refractivity contribution in [2.75, 3.05) is 5.32 Å². The Kier molecular flexibility index (Phi) is 5.63. The minimum absolute atomic E-state index is 0.463. The first kappa shape index (κ1) is 18.5. The Balaban J connectivity index is 1.87. The maximum atomic E-state index is 9.50. The minimum atomic E-state index is 0.463. The Hall–Kier alpha value is -2.32. The third-order valence-electron chi connectivity index (χ3n) is 3.67. The van der Waals surface area contributed by atoms with E-state index in [2.05, 4.69) is 22.4 Å². The van der Waals surface area contributed by atoms with Crippen molar-refractivity contribution in [3.8, 4) is 17.3 Å². The van der Waals surface area contributed by atoms with Gasteiger partial charge in [0.2, 0.25) is 0 Å². The molecule has 0 atom stereocenters. The molecule has 0 fully saturated rings. The maximum absolute atomic E-state index is 9.50. The van der Waals surface area contributed by atoms with Crippen LogP contribution in [0.3, 0.4) is 0 Å². The van der Waals surface area contributed by atoms with Gasteiger partial charge in [-0.05, 0) is 55.3 Å². The van der Waals surface area contributed by atoms with E-state index in [1.165, 1.54) is 11.3 Å². The van der Waals surface area contributed by atoms with Gasteiger partial charge in [-0.25, -0.2) is 4.98 Å². The second-order valence-corrected chi connectivity index (χ2v) is 7.55. The molecule has 2 aromatic carbocycles. The molecule has 26 heavy (non-hydrogen) atoms. The Morgan fingerprint density at radius 1 is 1.15 bits per heavy atom. The molecule has 0 aliphatic carbocycles. The van der Waals surface area contributed by atoms with Gasteiger partial charge in [0.15, 0.2) is 0 Å². The van der Waals surface area contributed by atoms with E-state index >= 15 is 0 Å². The molecule has 1 heterocycles. The predicted molar refractivity (Wildman–Crippen MR) is 111 cm³/mol. The van der Waals surface area contributed by atoms with Crippen LogP contribution in [0.2, 0.25) is 10.0 Å². The van der Waals surface area contributed by atoms with Gasteiger partial charge >= 0.3 is 0 Å². The van der Waals surface area contributed by atoms with Gasteiger partial charge in [-0.2, -0.15) is 5.26 Å². The fourth-order valence-electron chi connectivity index (χ4n) is 2.57. The first-order valence-corrected chi connectivity index (χ1v) is 9.46. The summed E-state index contributed by atoms with van der Waals surface area (Å²) in [5.41, 5.74) is 5.23. The highest BCUT2D eigenvalue weighted by atomic mass is 35.5. The molecule has 0 radical (unpaired) electrons. The second kappa shape index (κ2) is 7.92. The van der Waals surface area contributed by atoms with Gasteiger partial charge in [0.25, 0.3) is 0 Å². The van der Waals surface area contributed by atoms with Crippen LogP contribution in [0.1, 0.15) is 16.1 Å². The lowest BCUT2D eigenvalue weighted by Gasteiger charge is -2.05. The molecule has 3 aromatic rings. The Morgan fingerprint density at radius 3 is 2.54 bits per heavy atom. The highest BCUT2D eigenvalue weighted by Crippen LogP contribution is 2.32. The number of halogens is 2. The van der Waals surface area contributed by atoms with Crippen LogP contribution in [-0.2, 0) is 0 Å². The van der Waals surface area contributed by atoms with Crippen molar-refractivity contribution in [1.29, 1.82) is 5.26 Å². The van der Waals surface area contributed by atoms with Crippen LogP contribution in [0.15, 0.2) is 48.0 Å². The fourth-order valence-corrected chi connectivity index (χ4v) is 3.86. The van der Waals surface area contributed by atoms with Crippen LogP contribution in [0.4, 0.5) is 5.69 Å². The molecule has 6 heteroatoms. The number of nitriles is 1. The predicted octanol–water partition coefficient (Wildman–Crippen LogP) is 6.71. The molecule has 1 N–H and O–H groups in total. The highest BCUT2D eigenvalue weighted by molar-refractivity contribution is 7.11. The molecule has 0 bridgehead atoms. The van der Waals surface area contributed by atoms with Crippen molar-refractivity contribution in [3.05, 3.63) is 74.2 Å². The summed E-state index contributed by atoms with van der Waals surface area (Å²) in [5, 5.41) is 16.3. The molecular weight excluding hydrogens is 385 g/mol. The van der Waals surface area contributed by atoms with Crippen LogP contribution in [0.25, 0.3) is 16.8 Å². The number of nitrogens with zero attached hydrogens (tertiary/aromatic N) is 2. The number of aryl methyl sites for hydroxylation is 2. The third kappa shape index (κ3) is 4.25. The molecule has 0 saturated carbocycles. The molecular formula is C20H15Cl2N3S. The zero-order valence-corrected chi connectivity index (χ0v) is 16.5. The van der Waals surface area contributed by atoms with Crippen LogP contribution in [-0.4, -0.2) is 4.98 Å². The van der Waals surface area contributed by atoms with Crippen molar-refractivity contribution in [3.63, 3.8) is 0 Å². The van der Waals surface area contributed by atoms with Crippen molar-refractivity contribution in [2.24, 2.45) is 0 Å². The Bertz CT molecular complexity index is 1010. The summed E-state index contributed by atoms with van der Waals surface area (Å²) >= 11 is 13.6.